The first kappa shape index (κ1) is 23.7. The highest BCUT2D eigenvalue weighted by atomic mass is 32.2. The summed E-state index contributed by atoms with van der Waals surface area (Å²) in [4.78, 5) is 12.7. The summed E-state index contributed by atoms with van der Waals surface area (Å²) in [6, 6.07) is 22.3. The lowest BCUT2D eigenvalue weighted by Gasteiger charge is -2.26. The highest BCUT2D eigenvalue weighted by Crippen LogP contribution is 2.29. The molecule has 0 unspecified atom stereocenters. The van der Waals surface area contributed by atoms with Gasteiger partial charge in [0.25, 0.3) is 0 Å². The summed E-state index contributed by atoms with van der Waals surface area (Å²) in [5, 5.41) is 2.74. The zero-order chi connectivity index (χ0) is 24.0. The molecule has 0 bridgehead atoms. The summed E-state index contributed by atoms with van der Waals surface area (Å²) < 4.78 is 37.9. The van der Waals surface area contributed by atoms with E-state index < -0.39 is 15.9 Å². The molecule has 0 saturated carbocycles. The first-order valence-corrected chi connectivity index (χ1v) is 12.3. The second-order valence-corrected chi connectivity index (χ2v) is 9.63. The Morgan fingerprint density at radius 2 is 1.71 bits per heavy atom. The van der Waals surface area contributed by atoms with Crippen LogP contribution in [-0.2, 0) is 19.6 Å². The van der Waals surface area contributed by atoms with Crippen molar-refractivity contribution in [2.24, 2.45) is 0 Å². The van der Waals surface area contributed by atoms with Crippen LogP contribution < -0.4 is 10.1 Å². The van der Waals surface area contributed by atoms with Gasteiger partial charge in [-0.15, -0.1) is 0 Å². The molecule has 8 heteroatoms. The highest BCUT2D eigenvalue weighted by molar-refractivity contribution is 7.89. The summed E-state index contributed by atoms with van der Waals surface area (Å²) in [5.74, 6) is -0.0295. The van der Waals surface area contributed by atoms with Gasteiger partial charge in [0.1, 0.15) is 5.75 Å². The fourth-order valence-electron chi connectivity index (χ4n) is 3.68. The van der Waals surface area contributed by atoms with Gasteiger partial charge in [0.05, 0.1) is 30.9 Å². The van der Waals surface area contributed by atoms with E-state index in [1.807, 2.05) is 54.6 Å². The van der Waals surface area contributed by atoms with Gasteiger partial charge >= 0.3 is 0 Å². The van der Waals surface area contributed by atoms with Crippen molar-refractivity contribution in [2.75, 3.05) is 38.7 Å². The Hall–Kier alpha value is -3.46. The van der Waals surface area contributed by atoms with Crippen LogP contribution in [-0.4, -0.2) is 52.0 Å². The minimum absolute atomic E-state index is 0.0880. The number of methoxy groups -OCH3 is 1. The van der Waals surface area contributed by atoms with Crippen molar-refractivity contribution in [3.8, 4) is 16.9 Å². The van der Waals surface area contributed by atoms with Crippen molar-refractivity contribution in [1.29, 1.82) is 0 Å². The number of anilines is 1. The molecule has 3 aromatic rings. The smallest absolute Gasteiger partial charge is 0.248 e. The molecule has 0 atom stereocenters. The fourth-order valence-corrected chi connectivity index (χ4v) is 5.11. The Morgan fingerprint density at radius 3 is 2.44 bits per heavy atom. The number of carbonyl (C=O) groups excluding carboxylic acids is 1. The largest absolute Gasteiger partial charge is 0.495 e. The van der Waals surface area contributed by atoms with Crippen LogP contribution in [0, 0.1) is 0 Å². The zero-order valence-corrected chi connectivity index (χ0v) is 19.6. The third-order valence-corrected chi connectivity index (χ3v) is 7.35. The third kappa shape index (κ3) is 5.53. The number of morpholine rings is 1. The Bertz CT molecular complexity index is 1280. The van der Waals surface area contributed by atoms with Crippen molar-refractivity contribution in [3.63, 3.8) is 0 Å². The minimum Gasteiger partial charge on any atom is -0.495 e. The maximum absolute atomic E-state index is 13.0. The molecular weight excluding hydrogens is 452 g/mol. The average molecular weight is 479 g/mol. The molecule has 0 radical (unpaired) electrons. The van der Waals surface area contributed by atoms with Crippen LogP contribution >= 0.6 is 0 Å². The van der Waals surface area contributed by atoms with Crippen LogP contribution in [0.2, 0.25) is 0 Å². The van der Waals surface area contributed by atoms with Crippen LogP contribution in [0.25, 0.3) is 17.2 Å². The van der Waals surface area contributed by atoms with Crippen molar-refractivity contribution >= 4 is 27.7 Å². The highest BCUT2D eigenvalue weighted by Gasteiger charge is 2.27. The predicted octanol–water partition coefficient (Wildman–Crippen LogP) is 4.04. The third-order valence-electron chi connectivity index (χ3n) is 5.46. The fraction of sp³-hybridized carbons (Fsp3) is 0.192. The number of nitrogens with one attached hydrogen (secondary N) is 1. The second kappa shape index (κ2) is 10.6. The Labute approximate surface area is 199 Å². The number of sulfonamides is 1. The van der Waals surface area contributed by atoms with Gasteiger partial charge in [0, 0.05) is 19.2 Å². The second-order valence-electron chi connectivity index (χ2n) is 7.69. The summed E-state index contributed by atoms with van der Waals surface area (Å²) in [5.41, 5.74) is 3.28. The van der Waals surface area contributed by atoms with Gasteiger partial charge in [-0.2, -0.15) is 4.31 Å². The summed E-state index contributed by atoms with van der Waals surface area (Å²) in [6.45, 7) is 1.30. The minimum atomic E-state index is -3.70. The van der Waals surface area contributed by atoms with Crippen LogP contribution in [0.5, 0.6) is 5.75 Å². The number of nitrogens with zero attached hydrogens (tertiary/aromatic N) is 1. The Balaban J connectivity index is 1.51. The van der Waals surface area contributed by atoms with Crippen LogP contribution in [0.4, 0.5) is 5.69 Å². The Kier molecular flexibility index (Phi) is 7.42. The van der Waals surface area contributed by atoms with Crippen LogP contribution in [0.3, 0.4) is 0 Å². The monoisotopic (exact) mass is 478 g/mol. The van der Waals surface area contributed by atoms with Gasteiger partial charge in [-0.3, -0.25) is 4.79 Å². The van der Waals surface area contributed by atoms with E-state index in [1.165, 1.54) is 35.7 Å². The van der Waals surface area contributed by atoms with E-state index in [1.54, 1.807) is 6.08 Å². The molecule has 1 heterocycles. The van der Waals surface area contributed by atoms with Crippen molar-refractivity contribution in [2.45, 2.75) is 4.90 Å². The van der Waals surface area contributed by atoms with Gasteiger partial charge in [0.15, 0.2) is 0 Å². The van der Waals surface area contributed by atoms with E-state index in [2.05, 4.69) is 5.32 Å². The molecule has 34 heavy (non-hydrogen) atoms. The lowest BCUT2D eigenvalue weighted by molar-refractivity contribution is -0.111. The van der Waals surface area contributed by atoms with E-state index in [9.17, 15) is 13.2 Å². The molecule has 0 spiro atoms. The first-order chi connectivity index (χ1) is 16.5. The van der Waals surface area contributed by atoms with E-state index in [0.717, 1.165) is 16.7 Å². The lowest BCUT2D eigenvalue weighted by Crippen LogP contribution is -2.40. The molecule has 1 N–H and O–H groups in total. The molecule has 3 aromatic carbocycles. The zero-order valence-electron chi connectivity index (χ0n) is 18.8. The quantitative estimate of drug-likeness (QED) is 0.518. The number of amides is 1. The summed E-state index contributed by atoms with van der Waals surface area (Å²) in [7, 11) is -2.24. The SMILES string of the molecule is COc1ccc(S(=O)(=O)N2CCOCC2)cc1NC(=O)/C=C/c1cccc(-c2ccccc2)c1. The van der Waals surface area contributed by atoms with Gasteiger partial charge in [-0.1, -0.05) is 48.5 Å². The molecule has 7 nitrogen and oxygen atoms in total. The molecule has 1 aliphatic heterocycles. The topological polar surface area (TPSA) is 84.9 Å². The van der Waals surface area contributed by atoms with E-state index in [4.69, 9.17) is 9.47 Å². The van der Waals surface area contributed by atoms with E-state index in [0.29, 0.717) is 32.1 Å². The molecule has 176 valence electrons. The number of ether oxygens (including phenoxy) is 2. The average Bonchev–Trinajstić information content (AvgIpc) is 2.88. The molecule has 1 fully saturated rings. The van der Waals surface area contributed by atoms with Crippen LogP contribution in [0.15, 0.2) is 83.8 Å². The molecule has 1 amide bonds. The van der Waals surface area contributed by atoms with Crippen LogP contribution in [0.1, 0.15) is 5.56 Å². The van der Waals surface area contributed by atoms with E-state index >= 15 is 0 Å². The normalized spacial score (nSPS) is 14.7. The first-order valence-electron chi connectivity index (χ1n) is 10.9. The number of rotatable bonds is 7. The summed E-state index contributed by atoms with van der Waals surface area (Å²) >= 11 is 0. The lowest BCUT2D eigenvalue weighted by atomic mass is 10.0. The standard InChI is InChI=1S/C26H26N2O5S/c1-32-25-12-11-23(34(30,31)28-14-16-33-17-15-28)19-24(25)27-26(29)13-10-20-6-5-9-22(18-20)21-7-3-2-4-8-21/h2-13,18-19H,14-17H2,1H3,(H,27,29)/b13-10+. The molecule has 4 rings (SSSR count). The molecule has 1 saturated heterocycles. The summed E-state index contributed by atoms with van der Waals surface area (Å²) in [6.07, 6.45) is 3.12. The van der Waals surface area contributed by atoms with Gasteiger partial charge in [0.2, 0.25) is 15.9 Å². The molecule has 0 aliphatic carbocycles. The van der Waals surface area contributed by atoms with Crippen molar-refractivity contribution in [1.82, 2.24) is 4.31 Å². The Morgan fingerprint density at radius 1 is 0.971 bits per heavy atom. The maximum atomic E-state index is 13.0. The van der Waals surface area contributed by atoms with Gasteiger partial charge < -0.3 is 14.8 Å². The number of benzene rings is 3. The van der Waals surface area contributed by atoms with Gasteiger partial charge in [-0.25, -0.2) is 8.42 Å². The number of hydrogen-bond acceptors (Lipinski definition) is 5. The maximum Gasteiger partial charge on any atom is 0.248 e. The predicted molar refractivity (Wildman–Crippen MR) is 132 cm³/mol. The molecule has 1 aliphatic rings. The molecular formula is C26H26N2O5S. The van der Waals surface area contributed by atoms with Crippen molar-refractivity contribution < 1.29 is 22.7 Å². The number of carbonyl (C=O) groups is 1. The van der Waals surface area contributed by atoms with E-state index in [-0.39, 0.29) is 10.6 Å². The number of hydrogen-bond donors (Lipinski definition) is 1. The van der Waals surface area contributed by atoms with Crippen molar-refractivity contribution in [3.05, 3.63) is 84.4 Å². The van der Waals surface area contributed by atoms with Gasteiger partial charge in [-0.05, 0) is 47.0 Å². The molecule has 0 aromatic heterocycles.